The van der Waals surface area contributed by atoms with Crippen LogP contribution < -0.4 is 10.5 Å². The minimum Gasteiger partial charge on any atom is -0.496 e. The second-order valence-corrected chi connectivity index (χ2v) is 3.47. The zero-order valence-electron chi connectivity index (χ0n) is 9.34. The molecule has 2 aromatic rings. The SMILES string of the molecule is COc1ccc(C#N)cc1-c1ncccc1N. The smallest absolute Gasteiger partial charge is 0.128 e. The molecule has 0 saturated heterocycles. The third-order valence-electron chi connectivity index (χ3n) is 2.42. The van der Waals surface area contributed by atoms with E-state index in [1.165, 1.54) is 0 Å². The molecule has 4 heteroatoms. The van der Waals surface area contributed by atoms with Crippen LogP contribution in [0.3, 0.4) is 0 Å². The van der Waals surface area contributed by atoms with Crippen LogP contribution in [0.4, 0.5) is 5.69 Å². The van der Waals surface area contributed by atoms with Gasteiger partial charge in [-0.2, -0.15) is 5.26 Å². The number of aromatic nitrogens is 1. The molecule has 0 fully saturated rings. The molecule has 0 atom stereocenters. The summed E-state index contributed by atoms with van der Waals surface area (Å²) in [6, 6.07) is 10.8. The molecule has 2 rings (SSSR count). The van der Waals surface area contributed by atoms with E-state index in [0.717, 1.165) is 5.56 Å². The van der Waals surface area contributed by atoms with Crippen LogP contribution in [0.25, 0.3) is 11.3 Å². The second kappa shape index (κ2) is 4.54. The van der Waals surface area contributed by atoms with Crippen molar-refractivity contribution in [1.29, 1.82) is 5.26 Å². The number of methoxy groups -OCH3 is 1. The molecule has 0 unspecified atom stereocenters. The molecule has 0 saturated carbocycles. The van der Waals surface area contributed by atoms with Crippen LogP contribution in [0.5, 0.6) is 5.75 Å². The number of pyridine rings is 1. The topological polar surface area (TPSA) is 71.9 Å². The summed E-state index contributed by atoms with van der Waals surface area (Å²) >= 11 is 0. The number of nitrogens with two attached hydrogens (primary N) is 1. The third-order valence-corrected chi connectivity index (χ3v) is 2.42. The maximum absolute atomic E-state index is 8.90. The summed E-state index contributed by atoms with van der Waals surface area (Å²) in [5, 5.41) is 8.90. The monoisotopic (exact) mass is 225 g/mol. The predicted molar refractivity (Wildman–Crippen MR) is 65.4 cm³/mol. The number of hydrogen-bond acceptors (Lipinski definition) is 4. The van der Waals surface area contributed by atoms with E-state index < -0.39 is 0 Å². The van der Waals surface area contributed by atoms with E-state index in [-0.39, 0.29) is 0 Å². The van der Waals surface area contributed by atoms with Gasteiger partial charge >= 0.3 is 0 Å². The first kappa shape index (κ1) is 11.0. The lowest BCUT2D eigenvalue weighted by atomic mass is 10.1. The second-order valence-electron chi connectivity index (χ2n) is 3.47. The average molecular weight is 225 g/mol. The Kier molecular flexibility index (Phi) is 2.93. The van der Waals surface area contributed by atoms with Gasteiger partial charge in [-0.1, -0.05) is 0 Å². The summed E-state index contributed by atoms with van der Waals surface area (Å²) in [7, 11) is 1.57. The van der Waals surface area contributed by atoms with E-state index in [9.17, 15) is 0 Å². The molecule has 0 aliphatic rings. The number of anilines is 1. The number of nitrogens with zero attached hydrogens (tertiary/aromatic N) is 2. The van der Waals surface area contributed by atoms with Gasteiger partial charge < -0.3 is 10.5 Å². The van der Waals surface area contributed by atoms with Crippen molar-refractivity contribution in [1.82, 2.24) is 4.98 Å². The van der Waals surface area contributed by atoms with Gasteiger partial charge in [0.2, 0.25) is 0 Å². The van der Waals surface area contributed by atoms with Crippen LogP contribution in [-0.4, -0.2) is 12.1 Å². The maximum atomic E-state index is 8.90. The van der Waals surface area contributed by atoms with E-state index in [0.29, 0.717) is 22.7 Å². The number of nitriles is 1. The highest BCUT2D eigenvalue weighted by Crippen LogP contribution is 2.32. The molecule has 1 heterocycles. The Morgan fingerprint density at radius 2 is 2.18 bits per heavy atom. The molecule has 84 valence electrons. The van der Waals surface area contributed by atoms with Crippen molar-refractivity contribution in [2.45, 2.75) is 0 Å². The molecule has 17 heavy (non-hydrogen) atoms. The van der Waals surface area contributed by atoms with Gasteiger partial charge in [-0.3, -0.25) is 4.98 Å². The Balaban J connectivity index is 2.65. The van der Waals surface area contributed by atoms with Gasteiger partial charge in [-0.25, -0.2) is 0 Å². The van der Waals surface area contributed by atoms with Crippen molar-refractivity contribution >= 4 is 5.69 Å². The highest BCUT2D eigenvalue weighted by molar-refractivity contribution is 5.77. The molecule has 1 aromatic heterocycles. The Labute approximate surface area is 99.3 Å². The lowest BCUT2D eigenvalue weighted by molar-refractivity contribution is 0.416. The molecule has 2 N–H and O–H groups in total. The first-order valence-corrected chi connectivity index (χ1v) is 5.05. The lowest BCUT2D eigenvalue weighted by Crippen LogP contribution is -1.95. The Hall–Kier alpha value is -2.54. The van der Waals surface area contributed by atoms with Gasteiger partial charge in [-0.05, 0) is 30.3 Å². The van der Waals surface area contributed by atoms with Crippen molar-refractivity contribution in [2.24, 2.45) is 0 Å². The normalized spacial score (nSPS) is 9.65. The van der Waals surface area contributed by atoms with Crippen molar-refractivity contribution < 1.29 is 4.74 Å². The fraction of sp³-hybridized carbons (Fsp3) is 0.0769. The fourth-order valence-corrected chi connectivity index (χ4v) is 1.61. The Bertz CT molecular complexity index is 587. The summed E-state index contributed by atoms with van der Waals surface area (Å²) in [5.74, 6) is 0.648. The lowest BCUT2D eigenvalue weighted by Gasteiger charge is -2.09. The molecular formula is C13H11N3O. The zero-order valence-corrected chi connectivity index (χ0v) is 9.34. The van der Waals surface area contributed by atoms with Gasteiger partial charge in [0.15, 0.2) is 0 Å². The highest BCUT2D eigenvalue weighted by atomic mass is 16.5. The van der Waals surface area contributed by atoms with Crippen molar-refractivity contribution in [3.8, 4) is 23.1 Å². The fourth-order valence-electron chi connectivity index (χ4n) is 1.61. The number of nitrogen functional groups attached to an aromatic ring is 1. The van der Waals surface area contributed by atoms with E-state index in [2.05, 4.69) is 11.1 Å². The third kappa shape index (κ3) is 2.04. The van der Waals surface area contributed by atoms with E-state index in [1.807, 2.05) is 0 Å². The number of ether oxygens (including phenoxy) is 1. The van der Waals surface area contributed by atoms with Gasteiger partial charge in [-0.15, -0.1) is 0 Å². The van der Waals surface area contributed by atoms with Crippen molar-refractivity contribution in [2.75, 3.05) is 12.8 Å². The molecule has 0 radical (unpaired) electrons. The zero-order chi connectivity index (χ0) is 12.3. The summed E-state index contributed by atoms with van der Waals surface area (Å²) in [6.45, 7) is 0. The molecule has 0 bridgehead atoms. The molecular weight excluding hydrogens is 214 g/mol. The maximum Gasteiger partial charge on any atom is 0.128 e. The van der Waals surface area contributed by atoms with Gasteiger partial charge in [0.25, 0.3) is 0 Å². The average Bonchev–Trinajstić information content (AvgIpc) is 2.38. The van der Waals surface area contributed by atoms with E-state index in [4.69, 9.17) is 15.7 Å². The van der Waals surface area contributed by atoms with Gasteiger partial charge in [0.1, 0.15) is 5.75 Å². The van der Waals surface area contributed by atoms with Gasteiger partial charge in [0.05, 0.1) is 30.1 Å². The predicted octanol–water partition coefficient (Wildman–Crippen LogP) is 2.21. The minimum atomic E-state index is 0.547. The Morgan fingerprint density at radius 1 is 1.35 bits per heavy atom. The highest BCUT2D eigenvalue weighted by Gasteiger charge is 2.10. The quantitative estimate of drug-likeness (QED) is 0.850. The van der Waals surface area contributed by atoms with Crippen LogP contribution in [0.2, 0.25) is 0 Å². The molecule has 0 spiro atoms. The van der Waals surface area contributed by atoms with E-state index in [1.54, 1.807) is 43.6 Å². The Morgan fingerprint density at radius 3 is 2.82 bits per heavy atom. The first-order chi connectivity index (χ1) is 8.26. The molecule has 1 aromatic carbocycles. The van der Waals surface area contributed by atoms with Crippen LogP contribution in [-0.2, 0) is 0 Å². The molecule has 4 nitrogen and oxygen atoms in total. The first-order valence-electron chi connectivity index (χ1n) is 5.05. The number of rotatable bonds is 2. The van der Waals surface area contributed by atoms with Crippen LogP contribution >= 0.6 is 0 Å². The van der Waals surface area contributed by atoms with Crippen LogP contribution in [0.1, 0.15) is 5.56 Å². The summed E-state index contributed by atoms with van der Waals surface area (Å²) in [4.78, 5) is 4.22. The largest absolute Gasteiger partial charge is 0.496 e. The summed E-state index contributed by atoms with van der Waals surface area (Å²) < 4.78 is 5.25. The standard InChI is InChI=1S/C13H11N3O/c1-17-12-5-4-9(8-14)7-10(12)13-11(15)3-2-6-16-13/h2-7H,15H2,1H3. The van der Waals surface area contributed by atoms with Crippen LogP contribution in [0, 0.1) is 11.3 Å². The van der Waals surface area contributed by atoms with Gasteiger partial charge in [0, 0.05) is 11.8 Å². The van der Waals surface area contributed by atoms with E-state index >= 15 is 0 Å². The molecule has 0 amide bonds. The number of benzene rings is 1. The van der Waals surface area contributed by atoms with Crippen molar-refractivity contribution in [3.63, 3.8) is 0 Å². The summed E-state index contributed by atoms with van der Waals surface area (Å²) in [6.07, 6.45) is 1.66. The number of hydrogen-bond donors (Lipinski definition) is 1. The van der Waals surface area contributed by atoms with Crippen molar-refractivity contribution in [3.05, 3.63) is 42.1 Å². The van der Waals surface area contributed by atoms with Crippen LogP contribution in [0.15, 0.2) is 36.5 Å². The minimum absolute atomic E-state index is 0.547. The molecule has 0 aliphatic heterocycles. The summed E-state index contributed by atoms with van der Waals surface area (Å²) in [5.41, 5.74) is 8.32. The molecule has 0 aliphatic carbocycles.